The molecule has 0 aliphatic carbocycles. The summed E-state index contributed by atoms with van der Waals surface area (Å²) in [5.41, 5.74) is -1.29. The normalized spacial score (nSPS) is 15.0. The predicted molar refractivity (Wildman–Crippen MR) is 78.3 cm³/mol. The molecule has 120 valence electrons. The second kappa shape index (κ2) is 5.18. The topological polar surface area (TPSA) is 73.3 Å². The molecule has 0 saturated heterocycles. The Labute approximate surface area is 128 Å². The van der Waals surface area contributed by atoms with E-state index in [0.717, 1.165) is 0 Å². The van der Waals surface area contributed by atoms with Gasteiger partial charge in [-0.05, 0) is 5.57 Å². The number of pyridine rings is 1. The Hall–Kier alpha value is -2.71. The van der Waals surface area contributed by atoms with E-state index in [1.807, 2.05) is 0 Å². The van der Waals surface area contributed by atoms with Gasteiger partial charge in [-0.15, -0.1) is 0 Å². The molecule has 6 nitrogen and oxygen atoms in total. The van der Waals surface area contributed by atoms with Crippen molar-refractivity contribution < 1.29 is 18.1 Å². The van der Waals surface area contributed by atoms with Crippen molar-refractivity contribution in [2.24, 2.45) is 12.0 Å². The first kappa shape index (κ1) is 15.2. The fourth-order valence-corrected chi connectivity index (χ4v) is 2.71. The van der Waals surface area contributed by atoms with E-state index in [-0.39, 0.29) is 11.0 Å². The third-order valence-electron chi connectivity index (χ3n) is 3.67. The van der Waals surface area contributed by atoms with Crippen LogP contribution in [0.5, 0.6) is 0 Å². The second-order valence-electron chi connectivity index (χ2n) is 5.11. The Bertz CT molecular complexity index is 865. The van der Waals surface area contributed by atoms with Crippen LogP contribution in [0, 0.1) is 10.1 Å². The lowest BCUT2D eigenvalue weighted by Crippen LogP contribution is -2.11. The number of allylic oxidation sites excluding steroid dienone is 1. The number of aryl methyl sites for hydroxylation is 1. The number of halogens is 3. The summed E-state index contributed by atoms with van der Waals surface area (Å²) in [5.74, 6) is 0. The molecule has 0 atom stereocenters. The van der Waals surface area contributed by atoms with E-state index in [0.29, 0.717) is 30.3 Å². The molecular formula is C14H11F3N4O2. The quantitative estimate of drug-likeness (QED) is 0.628. The van der Waals surface area contributed by atoms with Crippen LogP contribution in [-0.4, -0.2) is 27.2 Å². The summed E-state index contributed by atoms with van der Waals surface area (Å²) in [6.07, 6.45) is 1.02. The lowest BCUT2D eigenvalue weighted by molar-refractivity contribution is -0.388. The van der Waals surface area contributed by atoms with E-state index in [4.69, 9.17) is 0 Å². The van der Waals surface area contributed by atoms with Gasteiger partial charge in [0.1, 0.15) is 17.4 Å². The Balaban J connectivity index is 2.41. The molecule has 0 saturated carbocycles. The maximum Gasteiger partial charge on any atom is 0.423 e. The molecule has 3 rings (SSSR count). The highest BCUT2D eigenvalue weighted by Crippen LogP contribution is 2.43. The maximum atomic E-state index is 13.5. The summed E-state index contributed by atoms with van der Waals surface area (Å²) >= 11 is 0. The number of rotatable bonds is 2. The van der Waals surface area contributed by atoms with Gasteiger partial charge < -0.3 is 4.57 Å². The number of dihydropyridines is 1. The largest absolute Gasteiger partial charge is 0.423 e. The SMILES string of the molecule is Cn1cc(C2=CCN=CC2)c2c(C(F)(F)F)c([N+](=O)[O-])cnc21. The second-order valence-corrected chi connectivity index (χ2v) is 5.11. The Morgan fingerprint density at radius 2 is 2.13 bits per heavy atom. The first-order valence-corrected chi connectivity index (χ1v) is 6.68. The molecule has 0 unspecified atom stereocenters. The Morgan fingerprint density at radius 1 is 1.39 bits per heavy atom. The Kier molecular flexibility index (Phi) is 3.42. The summed E-state index contributed by atoms with van der Waals surface area (Å²) in [4.78, 5) is 17.8. The van der Waals surface area contributed by atoms with Crippen molar-refractivity contribution in [1.82, 2.24) is 9.55 Å². The number of aromatic nitrogens is 2. The van der Waals surface area contributed by atoms with E-state index < -0.39 is 22.4 Å². The first-order chi connectivity index (χ1) is 10.8. The molecular weight excluding hydrogens is 313 g/mol. The van der Waals surface area contributed by atoms with E-state index >= 15 is 0 Å². The minimum absolute atomic E-state index is 0.0568. The van der Waals surface area contributed by atoms with Gasteiger partial charge in [0.25, 0.3) is 0 Å². The van der Waals surface area contributed by atoms with Crippen molar-refractivity contribution in [3.05, 3.63) is 39.7 Å². The van der Waals surface area contributed by atoms with Gasteiger partial charge in [0.2, 0.25) is 0 Å². The molecule has 1 aliphatic heterocycles. The first-order valence-electron chi connectivity index (χ1n) is 6.68. The van der Waals surface area contributed by atoms with E-state index in [1.54, 1.807) is 19.3 Å². The van der Waals surface area contributed by atoms with Crippen LogP contribution < -0.4 is 0 Å². The van der Waals surface area contributed by atoms with Gasteiger partial charge in [0.15, 0.2) is 0 Å². The zero-order chi connectivity index (χ0) is 16.8. The van der Waals surface area contributed by atoms with Crippen LogP contribution in [0.2, 0.25) is 0 Å². The number of nitrogens with zero attached hydrogens (tertiary/aromatic N) is 4. The highest BCUT2D eigenvalue weighted by Gasteiger charge is 2.42. The smallest absolute Gasteiger partial charge is 0.335 e. The molecule has 9 heteroatoms. The summed E-state index contributed by atoms with van der Waals surface area (Å²) in [6, 6.07) is 0. The lowest BCUT2D eigenvalue weighted by Gasteiger charge is -2.12. The number of nitro groups is 1. The average Bonchev–Trinajstić information content (AvgIpc) is 2.83. The number of alkyl halides is 3. The summed E-state index contributed by atoms with van der Waals surface area (Å²) < 4.78 is 42.0. The van der Waals surface area contributed by atoms with Gasteiger partial charge in [-0.2, -0.15) is 13.2 Å². The molecule has 0 bridgehead atoms. The highest BCUT2D eigenvalue weighted by atomic mass is 19.4. The van der Waals surface area contributed by atoms with Crippen molar-refractivity contribution in [1.29, 1.82) is 0 Å². The number of aliphatic imine (C=N–C) groups is 1. The number of hydrogen-bond acceptors (Lipinski definition) is 4. The predicted octanol–water partition coefficient (Wildman–Crippen LogP) is 3.36. The van der Waals surface area contributed by atoms with Crippen molar-refractivity contribution in [2.45, 2.75) is 12.6 Å². The van der Waals surface area contributed by atoms with Gasteiger partial charge in [-0.25, -0.2) is 4.98 Å². The zero-order valence-corrected chi connectivity index (χ0v) is 12.0. The standard InChI is InChI=1S/C14H11F3N4O2/c1-20-7-9(8-2-4-18-5-3-8)11-12(14(15,16)17)10(21(22)23)6-19-13(11)20/h2,5-7H,3-4H2,1H3. The lowest BCUT2D eigenvalue weighted by atomic mass is 9.98. The van der Waals surface area contributed by atoms with Gasteiger partial charge in [0, 0.05) is 36.8 Å². The van der Waals surface area contributed by atoms with Crippen LogP contribution in [0.1, 0.15) is 17.5 Å². The zero-order valence-electron chi connectivity index (χ0n) is 12.0. The van der Waals surface area contributed by atoms with Gasteiger partial charge >= 0.3 is 11.9 Å². The Morgan fingerprint density at radius 3 is 2.70 bits per heavy atom. The number of hydrogen-bond donors (Lipinski definition) is 0. The molecule has 0 radical (unpaired) electrons. The molecule has 0 N–H and O–H groups in total. The van der Waals surface area contributed by atoms with Crippen LogP contribution in [0.15, 0.2) is 23.5 Å². The maximum absolute atomic E-state index is 13.5. The fourth-order valence-electron chi connectivity index (χ4n) is 2.71. The van der Waals surface area contributed by atoms with Crippen LogP contribution >= 0.6 is 0 Å². The van der Waals surface area contributed by atoms with Crippen molar-refractivity contribution >= 4 is 28.5 Å². The third kappa shape index (κ3) is 2.47. The third-order valence-corrected chi connectivity index (χ3v) is 3.67. The summed E-state index contributed by atoms with van der Waals surface area (Å²) in [5, 5.41) is 10.8. The van der Waals surface area contributed by atoms with Crippen molar-refractivity contribution in [2.75, 3.05) is 6.54 Å². The van der Waals surface area contributed by atoms with Crippen LogP contribution in [0.25, 0.3) is 16.6 Å². The molecule has 0 amide bonds. The van der Waals surface area contributed by atoms with Crippen LogP contribution in [0.3, 0.4) is 0 Å². The molecule has 2 aromatic rings. The summed E-state index contributed by atoms with van der Waals surface area (Å²) in [6.45, 7) is 0.370. The monoisotopic (exact) mass is 324 g/mol. The van der Waals surface area contributed by atoms with Crippen molar-refractivity contribution in [3.63, 3.8) is 0 Å². The molecule has 1 aliphatic rings. The highest BCUT2D eigenvalue weighted by molar-refractivity contribution is 5.98. The summed E-state index contributed by atoms with van der Waals surface area (Å²) in [7, 11) is 1.56. The van der Waals surface area contributed by atoms with Crippen LogP contribution in [-0.2, 0) is 13.2 Å². The molecule has 0 spiro atoms. The van der Waals surface area contributed by atoms with Gasteiger partial charge in [-0.3, -0.25) is 15.1 Å². The number of fused-ring (bicyclic) bond motifs is 1. The molecule has 2 aromatic heterocycles. The van der Waals surface area contributed by atoms with Gasteiger partial charge in [0.05, 0.1) is 11.5 Å². The minimum atomic E-state index is -4.86. The van der Waals surface area contributed by atoms with E-state index in [2.05, 4.69) is 9.98 Å². The van der Waals surface area contributed by atoms with E-state index in [9.17, 15) is 23.3 Å². The van der Waals surface area contributed by atoms with E-state index in [1.165, 1.54) is 10.8 Å². The fraction of sp³-hybridized carbons (Fsp3) is 0.286. The molecule has 0 fully saturated rings. The molecule has 0 aromatic carbocycles. The average molecular weight is 324 g/mol. The minimum Gasteiger partial charge on any atom is -0.335 e. The molecule has 3 heterocycles. The molecule has 23 heavy (non-hydrogen) atoms. The van der Waals surface area contributed by atoms with Crippen molar-refractivity contribution in [3.8, 4) is 0 Å². The van der Waals surface area contributed by atoms with Crippen LogP contribution in [0.4, 0.5) is 18.9 Å². The van der Waals surface area contributed by atoms with Gasteiger partial charge in [-0.1, -0.05) is 6.08 Å².